The van der Waals surface area contributed by atoms with Gasteiger partial charge >= 0.3 is 5.97 Å². The van der Waals surface area contributed by atoms with E-state index in [0.717, 1.165) is 0 Å². The second-order valence-electron chi connectivity index (χ2n) is 2.91. The summed E-state index contributed by atoms with van der Waals surface area (Å²) in [7, 11) is 0. The Balaban J connectivity index is 2.82. The molecule has 0 aliphatic rings. The van der Waals surface area contributed by atoms with Gasteiger partial charge in [-0.2, -0.15) is 0 Å². The third-order valence-electron chi connectivity index (χ3n) is 1.84. The van der Waals surface area contributed by atoms with Crippen LogP contribution in [0.1, 0.15) is 18.6 Å². The number of hydrogen-bond acceptors (Lipinski definition) is 6. The van der Waals surface area contributed by atoms with Gasteiger partial charge in [-0.1, -0.05) is 11.6 Å². The van der Waals surface area contributed by atoms with Crippen molar-refractivity contribution in [2.75, 3.05) is 6.61 Å². The highest BCUT2D eigenvalue weighted by Crippen LogP contribution is 2.22. The largest absolute Gasteiger partial charge is 0.464 e. The van der Waals surface area contributed by atoms with Crippen molar-refractivity contribution in [3.63, 3.8) is 0 Å². The molecule has 0 aliphatic heterocycles. The highest BCUT2D eigenvalue weighted by atomic mass is 35.5. The smallest absolute Gasteiger partial charge is 0.338 e. The SMILES string of the molecule is CCOC(=O)C(O)C(O)c1cncnc1Cl. The Kier molecular flexibility index (Phi) is 4.60. The van der Waals surface area contributed by atoms with Gasteiger partial charge in [0.2, 0.25) is 0 Å². The van der Waals surface area contributed by atoms with E-state index in [1.807, 2.05) is 0 Å². The molecule has 0 radical (unpaired) electrons. The molecule has 88 valence electrons. The lowest BCUT2D eigenvalue weighted by molar-refractivity contribution is -0.159. The minimum absolute atomic E-state index is 0.0224. The number of rotatable bonds is 4. The summed E-state index contributed by atoms with van der Waals surface area (Å²) in [6.45, 7) is 1.71. The van der Waals surface area contributed by atoms with Crippen LogP contribution in [-0.2, 0) is 9.53 Å². The fourth-order valence-corrected chi connectivity index (χ4v) is 1.25. The predicted octanol–water partition coefficient (Wildman–Crippen LogP) is 0.0874. The Labute approximate surface area is 96.9 Å². The lowest BCUT2D eigenvalue weighted by atomic mass is 10.1. The van der Waals surface area contributed by atoms with Gasteiger partial charge in [0, 0.05) is 11.8 Å². The third-order valence-corrected chi connectivity index (χ3v) is 2.15. The van der Waals surface area contributed by atoms with Gasteiger partial charge in [-0.15, -0.1) is 0 Å². The number of carbonyl (C=O) groups excluding carboxylic acids is 1. The van der Waals surface area contributed by atoms with Crippen molar-refractivity contribution >= 4 is 17.6 Å². The van der Waals surface area contributed by atoms with Crippen LogP contribution < -0.4 is 0 Å². The molecule has 7 heteroatoms. The molecule has 2 unspecified atom stereocenters. The second-order valence-corrected chi connectivity index (χ2v) is 3.27. The average Bonchev–Trinajstić information content (AvgIpc) is 2.28. The van der Waals surface area contributed by atoms with E-state index < -0.39 is 18.2 Å². The molecular formula is C9H11ClN2O4. The summed E-state index contributed by atoms with van der Waals surface area (Å²) in [6, 6.07) is 0. The minimum Gasteiger partial charge on any atom is -0.464 e. The Morgan fingerprint density at radius 2 is 2.31 bits per heavy atom. The predicted molar refractivity (Wildman–Crippen MR) is 54.6 cm³/mol. The number of nitrogens with zero attached hydrogens (tertiary/aromatic N) is 2. The molecule has 2 atom stereocenters. The highest BCUT2D eigenvalue weighted by Gasteiger charge is 2.28. The highest BCUT2D eigenvalue weighted by molar-refractivity contribution is 6.30. The molecule has 0 fully saturated rings. The number of halogens is 1. The first-order valence-electron chi connectivity index (χ1n) is 4.56. The van der Waals surface area contributed by atoms with Crippen LogP contribution in [0.25, 0.3) is 0 Å². The van der Waals surface area contributed by atoms with E-state index in [-0.39, 0.29) is 17.3 Å². The van der Waals surface area contributed by atoms with Crippen LogP contribution in [-0.4, -0.2) is 38.9 Å². The molecule has 1 aromatic rings. The summed E-state index contributed by atoms with van der Waals surface area (Å²) in [4.78, 5) is 18.4. The van der Waals surface area contributed by atoms with Gasteiger partial charge in [-0.3, -0.25) is 0 Å². The van der Waals surface area contributed by atoms with Crippen molar-refractivity contribution in [2.45, 2.75) is 19.1 Å². The quantitative estimate of drug-likeness (QED) is 0.578. The second kappa shape index (κ2) is 5.74. The molecule has 16 heavy (non-hydrogen) atoms. The van der Waals surface area contributed by atoms with Crippen LogP contribution in [0, 0.1) is 0 Å². The fourth-order valence-electron chi connectivity index (χ4n) is 1.05. The summed E-state index contributed by atoms with van der Waals surface area (Å²) >= 11 is 5.67. The maximum atomic E-state index is 11.2. The van der Waals surface area contributed by atoms with Gasteiger partial charge in [0.25, 0.3) is 0 Å². The molecule has 0 aromatic carbocycles. The van der Waals surface area contributed by atoms with Gasteiger partial charge in [0.15, 0.2) is 6.10 Å². The normalized spacial score (nSPS) is 14.2. The lowest BCUT2D eigenvalue weighted by Gasteiger charge is -2.16. The average molecular weight is 247 g/mol. The molecule has 1 heterocycles. The van der Waals surface area contributed by atoms with E-state index in [2.05, 4.69) is 14.7 Å². The van der Waals surface area contributed by atoms with E-state index in [0.29, 0.717) is 0 Å². The molecule has 2 N–H and O–H groups in total. The molecule has 0 saturated carbocycles. The molecule has 0 saturated heterocycles. The number of ether oxygens (including phenoxy) is 1. The van der Waals surface area contributed by atoms with E-state index in [4.69, 9.17) is 11.6 Å². The standard InChI is InChI=1S/C9H11ClN2O4/c1-2-16-9(15)7(14)6(13)5-3-11-4-12-8(5)10/h3-4,6-7,13-14H,2H2,1H3. The number of aliphatic hydroxyl groups excluding tert-OH is 2. The Morgan fingerprint density at radius 1 is 1.62 bits per heavy atom. The van der Waals surface area contributed by atoms with Crippen LogP contribution in [0.3, 0.4) is 0 Å². The fraction of sp³-hybridized carbons (Fsp3) is 0.444. The summed E-state index contributed by atoms with van der Waals surface area (Å²) in [5, 5.41) is 19.1. The first-order valence-corrected chi connectivity index (χ1v) is 4.93. The van der Waals surface area contributed by atoms with Crippen LogP contribution in [0.4, 0.5) is 0 Å². The summed E-state index contributed by atoms with van der Waals surface area (Å²) in [6.07, 6.45) is -0.797. The van der Waals surface area contributed by atoms with Crippen molar-refractivity contribution < 1.29 is 19.7 Å². The van der Waals surface area contributed by atoms with E-state index >= 15 is 0 Å². The van der Waals surface area contributed by atoms with Crippen LogP contribution in [0.15, 0.2) is 12.5 Å². The molecule has 0 aliphatic carbocycles. The van der Waals surface area contributed by atoms with Crippen LogP contribution >= 0.6 is 11.6 Å². The number of aliphatic hydroxyl groups is 2. The molecule has 1 aromatic heterocycles. The Bertz CT molecular complexity index is 374. The molecular weight excluding hydrogens is 236 g/mol. The number of esters is 1. The van der Waals surface area contributed by atoms with Crippen LogP contribution in [0.2, 0.25) is 5.15 Å². The zero-order chi connectivity index (χ0) is 12.1. The number of carbonyl (C=O) groups is 1. The number of aromatic nitrogens is 2. The van der Waals surface area contributed by atoms with Gasteiger partial charge < -0.3 is 14.9 Å². The van der Waals surface area contributed by atoms with Gasteiger partial charge in [-0.25, -0.2) is 14.8 Å². The zero-order valence-corrected chi connectivity index (χ0v) is 9.26. The Morgan fingerprint density at radius 3 is 2.88 bits per heavy atom. The van der Waals surface area contributed by atoms with Gasteiger partial charge in [0.05, 0.1) is 6.61 Å². The third kappa shape index (κ3) is 2.88. The van der Waals surface area contributed by atoms with Crippen molar-refractivity contribution in [1.29, 1.82) is 0 Å². The zero-order valence-electron chi connectivity index (χ0n) is 8.50. The monoisotopic (exact) mass is 246 g/mol. The minimum atomic E-state index is -1.71. The molecule has 1 rings (SSSR count). The Hall–Kier alpha value is -1.24. The van der Waals surface area contributed by atoms with Crippen molar-refractivity contribution in [1.82, 2.24) is 9.97 Å². The van der Waals surface area contributed by atoms with Crippen molar-refractivity contribution in [2.24, 2.45) is 0 Å². The number of hydrogen-bond donors (Lipinski definition) is 2. The van der Waals surface area contributed by atoms with Gasteiger partial charge in [0.1, 0.15) is 17.6 Å². The maximum Gasteiger partial charge on any atom is 0.338 e. The summed E-state index contributed by atoms with van der Waals surface area (Å²) < 4.78 is 4.55. The lowest BCUT2D eigenvalue weighted by Crippen LogP contribution is -2.30. The van der Waals surface area contributed by atoms with Crippen molar-refractivity contribution in [3.8, 4) is 0 Å². The maximum absolute atomic E-state index is 11.2. The van der Waals surface area contributed by atoms with E-state index in [1.165, 1.54) is 12.5 Å². The molecule has 6 nitrogen and oxygen atoms in total. The first-order chi connectivity index (χ1) is 7.57. The van der Waals surface area contributed by atoms with E-state index in [1.54, 1.807) is 6.92 Å². The van der Waals surface area contributed by atoms with Crippen LogP contribution in [0.5, 0.6) is 0 Å². The molecule has 0 amide bonds. The topological polar surface area (TPSA) is 92.5 Å². The first kappa shape index (κ1) is 12.8. The van der Waals surface area contributed by atoms with Gasteiger partial charge in [-0.05, 0) is 6.92 Å². The van der Waals surface area contributed by atoms with Crippen molar-refractivity contribution in [3.05, 3.63) is 23.2 Å². The summed E-state index contributed by atoms with van der Waals surface area (Å²) in [5.41, 5.74) is 0.0738. The van der Waals surface area contributed by atoms with E-state index in [9.17, 15) is 15.0 Å². The summed E-state index contributed by atoms with van der Waals surface area (Å²) in [5.74, 6) is -0.921. The molecule has 0 spiro atoms. The molecule has 0 bridgehead atoms.